The standard InChI is InChI=1S/C14H19NO/c1-3-10-15(11-4-2)12-14(16)13-8-6-5-7-9-13/h3-9,14,16H,1-2,10-12H2. The molecule has 1 aromatic carbocycles. The molecule has 0 aliphatic carbocycles. The molecule has 1 N–H and O–H groups in total. The minimum absolute atomic E-state index is 0.457. The molecule has 0 heterocycles. The zero-order valence-electron chi connectivity index (χ0n) is 9.55. The molecule has 86 valence electrons. The fourth-order valence-electron chi connectivity index (χ4n) is 1.61. The Morgan fingerprint density at radius 2 is 1.69 bits per heavy atom. The summed E-state index contributed by atoms with van der Waals surface area (Å²) in [5.41, 5.74) is 0.945. The molecule has 1 rings (SSSR count). The Kier molecular flexibility index (Phi) is 5.54. The van der Waals surface area contributed by atoms with Gasteiger partial charge in [-0.1, -0.05) is 42.5 Å². The number of nitrogens with zero attached hydrogens (tertiary/aromatic N) is 1. The summed E-state index contributed by atoms with van der Waals surface area (Å²) in [4.78, 5) is 2.09. The highest BCUT2D eigenvalue weighted by molar-refractivity contribution is 5.17. The minimum Gasteiger partial charge on any atom is -0.387 e. The van der Waals surface area contributed by atoms with Crippen molar-refractivity contribution in [1.82, 2.24) is 4.90 Å². The molecule has 0 amide bonds. The van der Waals surface area contributed by atoms with Crippen LogP contribution in [0.1, 0.15) is 11.7 Å². The maximum Gasteiger partial charge on any atom is 0.0917 e. The van der Waals surface area contributed by atoms with E-state index >= 15 is 0 Å². The zero-order chi connectivity index (χ0) is 11.8. The lowest BCUT2D eigenvalue weighted by molar-refractivity contribution is 0.125. The zero-order valence-corrected chi connectivity index (χ0v) is 9.55. The van der Waals surface area contributed by atoms with E-state index in [0.29, 0.717) is 6.54 Å². The molecule has 1 aromatic rings. The summed E-state index contributed by atoms with van der Waals surface area (Å²) in [5, 5.41) is 10.0. The van der Waals surface area contributed by atoms with Gasteiger partial charge in [0, 0.05) is 19.6 Å². The van der Waals surface area contributed by atoms with Gasteiger partial charge in [-0.15, -0.1) is 13.2 Å². The molecule has 16 heavy (non-hydrogen) atoms. The van der Waals surface area contributed by atoms with E-state index in [4.69, 9.17) is 0 Å². The van der Waals surface area contributed by atoms with E-state index in [1.54, 1.807) is 0 Å². The molecule has 0 saturated heterocycles. The van der Waals surface area contributed by atoms with Crippen molar-refractivity contribution in [3.05, 3.63) is 61.2 Å². The molecule has 0 saturated carbocycles. The van der Waals surface area contributed by atoms with E-state index in [2.05, 4.69) is 18.1 Å². The average molecular weight is 217 g/mol. The van der Waals surface area contributed by atoms with E-state index < -0.39 is 6.10 Å². The molecule has 0 radical (unpaired) electrons. The molecule has 0 aliphatic heterocycles. The SMILES string of the molecule is C=CCN(CC=C)CC(O)c1ccccc1. The lowest BCUT2D eigenvalue weighted by Gasteiger charge is -2.22. The van der Waals surface area contributed by atoms with Crippen molar-refractivity contribution in [3.63, 3.8) is 0 Å². The first-order valence-electron chi connectivity index (χ1n) is 5.45. The highest BCUT2D eigenvalue weighted by atomic mass is 16.3. The Hall–Kier alpha value is -1.38. The van der Waals surface area contributed by atoms with Crippen LogP contribution in [0.2, 0.25) is 0 Å². The lowest BCUT2D eigenvalue weighted by Crippen LogP contribution is -2.29. The topological polar surface area (TPSA) is 23.5 Å². The number of benzene rings is 1. The van der Waals surface area contributed by atoms with E-state index in [1.807, 2.05) is 42.5 Å². The number of rotatable bonds is 7. The van der Waals surface area contributed by atoms with Crippen molar-refractivity contribution in [3.8, 4) is 0 Å². The third kappa shape index (κ3) is 4.01. The van der Waals surface area contributed by atoms with Gasteiger partial charge in [-0.25, -0.2) is 0 Å². The van der Waals surface area contributed by atoms with E-state index in [0.717, 1.165) is 18.7 Å². The largest absolute Gasteiger partial charge is 0.387 e. The van der Waals surface area contributed by atoms with Crippen LogP contribution in [0.4, 0.5) is 0 Å². The van der Waals surface area contributed by atoms with Crippen LogP contribution < -0.4 is 0 Å². The molecule has 0 aromatic heterocycles. The summed E-state index contributed by atoms with van der Waals surface area (Å²) < 4.78 is 0. The first-order chi connectivity index (χ1) is 7.77. The fraction of sp³-hybridized carbons (Fsp3) is 0.286. The molecule has 1 atom stereocenters. The monoisotopic (exact) mass is 217 g/mol. The predicted molar refractivity (Wildman–Crippen MR) is 68.2 cm³/mol. The van der Waals surface area contributed by atoms with Crippen molar-refractivity contribution in [1.29, 1.82) is 0 Å². The summed E-state index contributed by atoms with van der Waals surface area (Å²) >= 11 is 0. The van der Waals surface area contributed by atoms with Gasteiger partial charge in [-0.3, -0.25) is 4.90 Å². The Bertz CT molecular complexity index is 311. The van der Waals surface area contributed by atoms with Crippen LogP contribution in [0.5, 0.6) is 0 Å². The van der Waals surface area contributed by atoms with E-state index in [9.17, 15) is 5.11 Å². The summed E-state index contributed by atoms with van der Waals surface area (Å²) in [5.74, 6) is 0. The second-order valence-electron chi connectivity index (χ2n) is 3.72. The summed E-state index contributed by atoms with van der Waals surface area (Å²) in [6.45, 7) is 9.53. The van der Waals surface area contributed by atoms with Gasteiger partial charge in [-0.2, -0.15) is 0 Å². The third-order valence-corrected chi connectivity index (χ3v) is 2.39. The van der Waals surface area contributed by atoms with Crippen LogP contribution in [0.3, 0.4) is 0 Å². The van der Waals surface area contributed by atoms with Crippen molar-refractivity contribution >= 4 is 0 Å². The molecular formula is C14H19NO. The molecule has 2 nitrogen and oxygen atoms in total. The van der Waals surface area contributed by atoms with Crippen molar-refractivity contribution in [2.45, 2.75) is 6.10 Å². The van der Waals surface area contributed by atoms with Crippen LogP contribution in [-0.4, -0.2) is 29.6 Å². The van der Waals surface area contributed by atoms with Crippen molar-refractivity contribution in [2.75, 3.05) is 19.6 Å². The van der Waals surface area contributed by atoms with Crippen LogP contribution in [-0.2, 0) is 0 Å². The second kappa shape index (κ2) is 6.99. The number of aliphatic hydroxyl groups is 1. The second-order valence-corrected chi connectivity index (χ2v) is 3.72. The Morgan fingerprint density at radius 3 is 2.19 bits per heavy atom. The molecular weight excluding hydrogens is 198 g/mol. The molecule has 0 aliphatic rings. The van der Waals surface area contributed by atoms with Crippen LogP contribution >= 0.6 is 0 Å². The minimum atomic E-state index is -0.457. The Labute approximate surface area is 97.5 Å². The lowest BCUT2D eigenvalue weighted by atomic mass is 10.1. The van der Waals surface area contributed by atoms with Crippen molar-refractivity contribution < 1.29 is 5.11 Å². The highest BCUT2D eigenvalue weighted by Crippen LogP contribution is 2.13. The summed E-state index contributed by atoms with van der Waals surface area (Å²) in [7, 11) is 0. The maximum absolute atomic E-state index is 10.0. The van der Waals surface area contributed by atoms with Gasteiger partial charge in [0.2, 0.25) is 0 Å². The van der Waals surface area contributed by atoms with Gasteiger partial charge in [0.15, 0.2) is 0 Å². The smallest absolute Gasteiger partial charge is 0.0917 e. The van der Waals surface area contributed by atoms with E-state index in [-0.39, 0.29) is 0 Å². The van der Waals surface area contributed by atoms with Gasteiger partial charge < -0.3 is 5.11 Å². The average Bonchev–Trinajstić information content (AvgIpc) is 2.31. The molecule has 0 bridgehead atoms. The van der Waals surface area contributed by atoms with Crippen LogP contribution in [0.25, 0.3) is 0 Å². The fourth-order valence-corrected chi connectivity index (χ4v) is 1.61. The molecule has 1 unspecified atom stereocenters. The van der Waals surface area contributed by atoms with Gasteiger partial charge in [0.25, 0.3) is 0 Å². The Balaban J connectivity index is 2.57. The molecule has 0 spiro atoms. The van der Waals surface area contributed by atoms with E-state index in [1.165, 1.54) is 0 Å². The number of hydrogen-bond donors (Lipinski definition) is 1. The third-order valence-electron chi connectivity index (χ3n) is 2.39. The van der Waals surface area contributed by atoms with Crippen LogP contribution in [0, 0.1) is 0 Å². The van der Waals surface area contributed by atoms with Gasteiger partial charge in [-0.05, 0) is 5.56 Å². The van der Waals surface area contributed by atoms with Crippen molar-refractivity contribution in [2.24, 2.45) is 0 Å². The van der Waals surface area contributed by atoms with Gasteiger partial charge in [0.05, 0.1) is 6.10 Å². The highest BCUT2D eigenvalue weighted by Gasteiger charge is 2.10. The summed E-state index contributed by atoms with van der Waals surface area (Å²) in [6, 6.07) is 9.69. The normalized spacial score (nSPS) is 12.4. The first-order valence-corrected chi connectivity index (χ1v) is 5.45. The van der Waals surface area contributed by atoms with Gasteiger partial charge >= 0.3 is 0 Å². The summed E-state index contributed by atoms with van der Waals surface area (Å²) in [6.07, 6.45) is 3.21. The van der Waals surface area contributed by atoms with Gasteiger partial charge in [0.1, 0.15) is 0 Å². The maximum atomic E-state index is 10.0. The van der Waals surface area contributed by atoms with Crippen LogP contribution in [0.15, 0.2) is 55.6 Å². The molecule has 0 fully saturated rings. The quantitative estimate of drug-likeness (QED) is 0.709. The predicted octanol–water partition coefficient (Wildman–Crippen LogP) is 2.39. The molecule has 2 heteroatoms. The Morgan fingerprint density at radius 1 is 1.12 bits per heavy atom. The number of hydrogen-bond acceptors (Lipinski definition) is 2. The first kappa shape index (κ1) is 12.7. The number of aliphatic hydroxyl groups excluding tert-OH is 1.